The van der Waals surface area contributed by atoms with Crippen LogP contribution < -0.4 is 5.32 Å². The van der Waals surface area contributed by atoms with E-state index in [2.05, 4.69) is 31.2 Å². The minimum Gasteiger partial charge on any atom is -0.323 e. The lowest BCUT2D eigenvalue weighted by molar-refractivity contribution is 0.151. The van der Waals surface area contributed by atoms with Crippen molar-refractivity contribution in [2.45, 2.75) is 25.4 Å². The molecular formula is C10H20N2O2S2. The Bertz CT molecular complexity index is 258. The summed E-state index contributed by atoms with van der Waals surface area (Å²) in [4.78, 5) is 15.8. The van der Waals surface area contributed by atoms with Crippen LogP contribution in [0.3, 0.4) is 0 Å². The van der Waals surface area contributed by atoms with Crippen molar-refractivity contribution >= 4 is 35.3 Å². The number of hydrogen-bond donors (Lipinski definition) is 1. The van der Waals surface area contributed by atoms with Crippen LogP contribution in [0.25, 0.3) is 0 Å². The van der Waals surface area contributed by atoms with Crippen LogP contribution in [0, 0.1) is 5.41 Å². The Kier molecular flexibility index (Phi) is 6.90. The maximum absolute atomic E-state index is 11.0. The molecule has 6 heteroatoms. The fourth-order valence-corrected chi connectivity index (χ4v) is 3.00. The van der Waals surface area contributed by atoms with Gasteiger partial charge >= 0.3 is 6.09 Å². The average Bonchev–Trinajstić information content (AvgIpc) is 2.21. The summed E-state index contributed by atoms with van der Waals surface area (Å²) in [6.07, 6.45) is 3.49. The molecule has 0 aliphatic rings. The van der Waals surface area contributed by atoms with E-state index in [1.807, 2.05) is 12.5 Å². The highest BCUT2D eigenvalue weighted by atomic mass is 32.2. The highest BCUT2D eigenvalue weighted by Gasteiger charge is 2.27. The highest BCUT2D eigenvalue weighted by Crippen LogP contribution is 2.30. The number of nitrogens with one attached hydrogen (secondary N) is 1. The van der Waals surface area contributed by atoms with E-state index in [0.29, 0.717) is 0 Å². The van der Waals surface area contributed by atoms with Gasteiger partial charge in [-0.3, -0.25) is 4.84 Å². The summed E-state index contributed by atoms with van der Waals surface area (Å²) >= 11 is 3.37. The third-order valence-corrected chi connectivity index (χ3v) is 4.31. The van der Waals surface area contributed by atoms with Gasteiger partial charge in [-0.2, -0.15) is 0 Å². The standard InChI is InChI=1S/C10H20N2O2S2/c1-10(2,3)7(8(15-5)16-6)12-14-9(13)11-4/h8H,1-6H3,(H,11,13). The van der Waals surface area contributed by atoms with E-state index in [9.17, 15) is 4.79 Å². The zero-order valence-corrected chi connectivity index (χ0v) is 12.3. The van der Waals surface area contributed by atoms with Crippen LogP contribution in [-0.2, 0) is 4.84 Å². The molecule has 0 radical (unpaired) electrons. The zero-order chi connectivity index (χ0) is 12.8. The summed E-state index contributed by atoms with van der Waals surface area (Å²) in [5.74, 6) is 0. The first kappa shape index (κ1) is 15.6. The molecule has 1 amide bonds. The first-order chi connectivity index (χ1) is 7.36. The van der Waals surface area contributed by atoms with Crippen molar-refractivity contribution in [2.75, 3.05) is 19.6 Å². The molecule has 0 saturated carbocycles. The van der Waals surface area contributed by atoms with Crippen molar-refractivity contribution in [3.8, 4) is 0 Å². The number of amides is 1. The first-order valence-electron chi connectivity index (χ1n) is 4.89. The molecule has 1 N–H and O–H groups in total. The molecule has 0 aliphatic heterocycles. The van der Waals surface area contributed by atoms with Crippen LogP contribution in [-0.4, -0.2) is 35.9 Å². The lowest BCUT2D eigenvalue weighted by Gasteiger charge is -2.25. The van der Waals surface area contributed by atoms with E-state index in [1.165, 1.54) is 7.05 Å². The van der Waals surface area contributed by atoms with E-state index < -0.39 is 6.09 Å². The van der Waals surface area contributed by atoms with Gasteiger partial charge < -0.3 is 5.32 Å². The maximum Gasteiger partial charge on any atom is 0.433 e. The lowest BCUT2D eigenvalue weighted by Crippen LogP contribution is -2.30. The minimum absolute atomic E-state index is 0.120. The van der Waals surface area contributed by atoms with Crippen LogP contribution >= 0.6 is 23.5 Å². The molecule has 0 bridgehead atoms. The maximum atomic E-state index is 11.0. The summed E-state index contributed by atoms with van der Waals surface area (Å²) < 4.78 is 0.199. The number of thioether (sulfide) groups is 2. The molecule has 0 spiro atoms. The number of carbonyl (C=O) groups excluding carboxylic acids is 1. The van der Waals surface area contributed by atoms with Crippen molar-refractivity contribution < 1.29 is 9.63 Å². The minimum atomic E-state index is -0.539. The van der Waals surface area contributed by atoms with E-state index in [0.717, 1.165) is 5.71 Å². The fraction of sp³-hybridized carbons (Fsp3) is 0.800. The average molecular weight is 264 g/mol. The molecule has 0 atom stereocenters. The number of rotatable bonds is 4. The predicted octanol–water partition coefficient (Wildman–Crippen LogP) is 2.80. The Labute approximate surface area is 106 Å². The van der Waals surface area contributed by atoms with Gasteiger partial charge in [0.25, 0.3) is 0 Å². The van der Waals surface area contributed by atoms with Crippen molar-refractivity contribution in [2.24, 2.45) is 10.6 Å². The topological polar surface area (TPSA) is 50.7 Å². The monoisotopic (exact) mass is 264 g/mol. The Hall–Kier alpha value is -0.360. The molecule has 94 valence electrons. The fourth-order valence-electron chi connectivity index (χ4n) is 0.989. The molecule has 0 aromatic carbocycles. The summed E-state index contributed by atoms with van der Waals surface area (Å²) in [6.45, 7) is 6.16. The molecule has 0 aromatic heterocycles. The summed E-state index contributed by atoms with van der Waals surface area (Å²) in [6, 6.07) is 0. The van der Waals surface area contributed by atoms with E-state index >= 15 is 0 Å². The molecule has 0 rings (SSSR count). The quantitative estimate of drug-likeness (QED) is 0.367. The van der Waals surface area contributed by atoms with Crippen molar-refractivity contribution in [3.63, 3.8) is 0 Å². The molecule has 0 aliphatic carbocycles. The third-order valence-electron chi connectivity index (χ3n) is 1.85. The highest BCUT2D eigenvalue weighted by molar-refractivity contribution is 8.17. The smallest absolute Gasteiger partial charge is 0.323 e. The Morgan fingerprint density at radius 3 is 2.12 bits per heavy atom. The van der Waals surface area contributed by atoms with Crippen LogP contribution in [0.5, 0.6) is 0 Å². The number of oxime groups is 1. The van der Waals surface area contributed by atoms with Crippen LogP contribution in [0.15, 0.2) is 5.16 Å². The normalized spacial score (nSPS) is 12.8. The predicted molar refractivity (Wildman–Crippen MR) is 73.2 cm³/mol. The van der Waals surface area contributed by atoms with Gasteiger partial charge in [0.05, 0.1) is 10.3 Å². The molecule has 0 saturated heterocycles. The van der Waals surface area contributed by atoms with Gasteiger partial charge in [-0.05, 0) is 12.5 Å². The van der Waals surface area contributed by atoms with Crippen LogP contribution in [0.4, 0.5) is 4.79 Å². The van der Waals surface area contributed by atoms with Gasteiger partial charge in [0.15, 0.2) is 0 Å². The molecule has 4 nitrogen and oxygen atoms in total. The van der Waals surface area contributed by atoms with Gasteiger partial charge in [-0.15, -0.1) is 23.5 Å². The van der Waals surface area contributed by atoms with Crippen LogP contribution in [0.2, 0.25) is 0 Å². The van der Waals surface area contributed by atoms with Crippen molar-refractivity contribution in [3.05, 3.63) is 0 Å². The number of hydrogen-bond acceptors (Lipinski definition) is 5. The van der Waals surface area contributed by atoms with Crippen molar-refractivity contribution in [1.82, 2.24) is 5.32 Å². The SMILES string of the molecule is CNC(=O)ON=C(C(SC)SC)C(C)(C)C. The Balaban J connectivity index is 4.87. The summed E-state index contributed by atoms with van der Waals surface area (Å²) in [5, 5.41) is 6.34. The lowest BCUT2D eigenvalue weighted by atomic mass is 9.91. The van der Waals surface area contributed by atoms with E-state index in [4.69, 9.17) is 4.84 Å². The molecule has 0 fully saturated rings. The summed E-state index contributed by atoms with van der Waals surface area (Å²) in [7, 11) is 1.51. The van der Waals surface area contributed by atoms with Gasteiger partial charge in [0.2, 0.25) is 0 Å². The second kappa shape index (κ2) is 7.06. The zero-order valence-electron chi connectivity index (χ0n) is 10.7. The van der Waals surface area contributed by atoms with E-state index in [-0.39, 0.29) is 10.00 Å². The largest absolute Gasteiger partial charge is 0.433 e. The van der Waals surface area contributed by atoms with Gasteiger partial charge in [-0.1, -0.05) is 25.9 Å². The van der Waals surface area contributed by atoms with Crippen molar-refractivity contribution in [1.29, 1.82) is 0 Å². The Morgan fingerprint density at radius 1 is 1.31 bits per heavy atom. The molecule has 0 unspecified atom stereocenters. The Morgan fingerprint density at radius 2 is 1.81 bits per heavy atom. The third kappa shape index (κ3) is 5.12. The van der Waals surface area contributed by atoms with Gasteiger partial charge in [0, 0.05) is 12.5 Å². The molecule has 0 aromatic rings. The number of nitrogens with zero attached hydrogens (tertiary/aromatic N) is 1. The molecular weight excluding hydrogens is 244 g/mol. The first-order valence-corrected chi connectivity index (χ1v) is 7.47. The summed E-state index contributed by atoms with van der Waals surface area (Å²) in [5.41, 5.74) is 0.751. The second-order valence-electron chi connectivity index (χ2n) is 4.16. The van der Waals surface area contributed by atoms with Crippen LogP contribution in [0.1, 0.15) is 20.8 Å². The second-order valence-corrected chi connectivity index (χ2v) is 6.34. The molecule has 16 heavy (non-hydrogen) atoms. The number of carbonyl (C=O) groups is 1. The van der Waals surface area contributed by atoms with E-state index in [1.54, 1.807) is 23.5 Å². The van der Waals surface area contributed by atoms with Gasteiger partial charge in [-0.25, -0.2) is 4.79 Å². The van der Waals surface area contributed by atoms with Gasteiger partial charge in [0.1, 0.15) is 0 Å². The molecule has 0 heterocycles.